The van der Waals surface area contributed by atoms with E-state index in [1.807, 2.05) is 6.07 Å². The third-order valence-corrected chi connectivity index (χ3v) is 3.73. The second kappa shape index (κ2) is 9.50. The van der Waals surface area contributed by atoms with Crippen LogP contribution < -0.4 is 14.8 Å². The number of rotatable bonds is 8. The third kappa shape index (κ3) is 5.37. The molecular formula is C19H22N2O4. The van der Waals surface area contributed by atoms with Crippen LogP contribution in [0.15, 0.2) is 36.4 Å². The van der Waals surface area contributed by atoms with Crippen molar-refractivity contribution in [1.29, 1.82) is 5.26 Å². The number of methoxy groups -OCH3 is 1. The summed E-state index contributed by atoms with van der Waals surface area (Å²) in [6.07, 6.45) is 5.12. The lowest BCUT2D eigenvalue weighted by atomic mass is 10.1. The van der Waals surface area contributed by atoms with Gasteiger partial charge in [-0.15, -0.1) is 0 Å². The Balaban J connectivity index is 2.08. The Labute approximate surface area is 147 Å². The maximum absolute atomic E-state index is 12.2. The van der Waals surface area contributed by atoms with E-state index < -0.39 is 5.91 Å². The number of carbonyl (C=O) groups excluding carboxylic acids is 1. The van der Waals surface area contributed by atoms with Crippen molar-refractivity contribution in [2.24, 2.45) is 0 Å². The summed E-state index contributed by atoms with van der Waals surface area (Å²) in [5, 5.41) is 12.0. The monoisotopic (exact) mass is 342 g/mol. The molecule has 1 saturated heterocycles. The number of nitrogens with one attached hydrogen (secondary N) is 1. The minimum absolute atomic E-state index is 0.0276. The number of ether oxygens (including phenoxy) is 3. The van der Waals surface area contributed by atoms with Crippen LogP contribution in [-0.4, -0.2) is 38.9 Å². The first-order valence-corrected chi connectivity index (χ1v) is 8.11. The normalized spacial score (nSPS) is 16.8. The van der Waals surface area contributed by atoms with Crippen molar-refractivity contribution in [3.05, 3.63) is 42.0 Å². The maximum Gasteiger partial charge on any atom is 0.262 e. The smallest absolute Gasteiger partial charge is 0.262 e. The predicted octanol–water partition coefficient (Wildman–Crippen LogP) is 2.46. The molecule has 0 saturated carbocycles. The Bertz CT molecular complexity index is 685. The van der Waals surface area contributed by atoms with E-state index in [0.717, 1.165) is 19.4 Å². The summed E-state index contributed by atoms with van der Waals surface area (Å²) in [4.78, 5) is 12.2. The molecule has 132 valence electrons. The number of amides is 1. The summed E-state index contributed by atoms with van der Waals surface area (Å²) in [6.45, 7) is 5.10. The van der Waals surface area contributed by atoms with Gasteiger partial charge >= 0.3 is 0 Å². The molecule has 1 amide bonds. The van der Waals surface area contributed by atoms with Crippen molar-refractivity contribution in [3.63, 3.8) is 0 Å². The predicted molar refractivity (Wildman–Crippen MR) is 94.3 cm³/mol. The number of benzene rings is 1. The second-order valence-corrected chi connectivity index (χ2v) is 5.52. The molecule has 2 rings (SSSR count). The largest absolute Gasteiger partial charge is 0.493 e. The van der Waals surface area contributed by atoms with E-state index >= 15 is 0 Å². The van der Waals surface area contributed by atoms with Gasteiger partial charge in [0.25, 0.3) is 5.91 Å². The van der Waals surface area contributed by atoms with Crippen LogP contribution in [0.4, 0.5) is 0 Å². The zero-order chi connectivity index (χ0) is 18.1. The fraction of sp³-hybridized carbons (Fsp3) is 0.368. The summed E-state index contributed by atoms with van der Waals surface area (Å²) in [6, 6.07) is 7.13. The highest BCUT2D eigenvalue weighted by Crippen LogP contribution is 2.29. The van der Waals surface area contributed by atoms with E-state index in [1.54, 1.807) is 24.3 Å². The van der Waals surface area contributed by atoms with Gasteiger partial charge in [-0.1, -0.05) is 18.7 Å². The van der Waals surface area contributed by atoms with Crippen molar-refractivity contribution >= 4 is 12.0 Å². The molecule has 0 spiro atoms. The van der Waals surface area contributed by atoms with E-state index in [1.165, 1.54) is 13.2 Å². The molecule has 1 aliphatic heterocycles. The molecule has 1 heterocycles. The molecule has 1 N–H and O–H groups in total. The summed E-state index contributed by atoms with van der Waals surface area (Å²) in [7, 11) is 1.53. The molecule has 0 aliphatic carbocycles. The minimum atomic E-state index is -0.413. The van der Waals surface area contributed by atoms with Gasteiger partial charge in [0.05, 0.1) is 13.2 Å². The Kier molecular flexibility index (Phi) is 7.05. The lowest BCUT2D eigenvalue weighted by Crippen LogP contribution is -2.32. The first-order chi connectivity index (χ1) is 12.2. The van der Waals surface area contributed by atoms with Gasteiger partial charge in [-0.25, -0.2) is 0 Å². The summed E-state index contributed by atoms with van der Waals surface area (Å²) >= 11 is 0. The molecule has 0 unspecified atom stereocenters. The highest BCUT2D eigenvalue weighted by Gasteiger charge is 2.17. The molecule has 6 nitrogen and oxygen atoms in total. The number of hydrogen-bond donors (Lipinski definition) is 1. The summed E-state index contributed by atoms with van der Waals surface area (Å²) in [5.74, 6) is 0.678. The molecule has 6 heteroatoms. The lowest BCUT2D eigenvalue weighted by molar-refractivity contribution is -0.117. The zero-order valence-corrected chi connectivity index (χ0v) is 14.3. The maximum atomic E-state index is 12.2. The average molecular weight is 342 g/mol. The van der Waals surface area contributed by atoms with Gasteiger partial charge in [-0.05, 0) is 36.6 Å². The Hall–Kier alpha value is -2.78. The number of nitriles is 1. The molecule has 0 aromatic heterocycles. The zero-order valence-electron chi connectivity index (χ0n) is 14.3. The lowest BCUT2D eigenvalue weighted by Gasteiger charge is -2.11. The molecule has 1 aliphatic rings. The van der Waals surface area contributed by atoms with Crippen LogP contribution in [0.1, 0.15) is 18.4 Å². The quantitative estimate of drug-likeness (QED) is 0.446. The SMILES string of the molecule is C=CCOc1ccc(/C=C(\C#N)C(=O)NC[C@@H]2CCCO2)cc1OC. The highest BCUT2D eigenvalue weighted by atomic mass is 16.5. The Morgan fingerprint density at radius 1 is 1.52 bits per heavy atom. The standard InChI is InChI=1S/C19H22N2O4/c1-3-8-25-17-7-6-14(11-18(17)23-2)10-15(12-20)19(22)21-13-16-5-4-9-24-16/h3,6-7,10-11,16H,1,4-5,8-9,13H2,2H3,(H,21,22)/b15-10+/t16-/m0/s1. The van der Waals surface area contributed by atoms with Crippen molar-refractivity contribution in [1.82, 2.24) is 5.32 Å². The van der Waals surface area contributed by atoms with Crippen molar-refractivity contribution in [2.75, 3.05) is 26.9 Å². The number of nitrogens with zero attached hydrogens (tertiary/aromatic N) is 1. The van der Waals surface area contributed by atoms with Crippen LogP contribution in [0.3, 0.4) is 0 Å². The number of hydrogen-bond acceptors (Lipinski definition) is 5. The second-order valence-electron chi connectivity index (χ2n) is 5.52. The van der Waals surface area contributed by atoms with Crippen LogP contribution in [0.5, 0.6) is 11.5 Å². The first kappa shape index (κ1) is 18.6. The van der Waals surface area contributed by atoms with Crippen LogP contribution in [0.2, 0.25) is 0 Å². The van der Waals surface area contributed by atoms with Gasteiger partial charge in [0.15, 0.2) is 11.5 Å². The van der Waals surface area contributed by atoms with Gasteiger partial charge in [-0.3, -0.25) is 4.79 Å². The van der Waals surface area contributed by atoms with Crippen LogP contribution in [-0.2, 0) is 9.53 Å². The van der Waals surface area contributed by atoms with Crippen LogP contribution in [0, 0.1) is 11.3 Å². The average Bonchev–Trinajstić information content (AvgIpc) is 3.16. The molecule has 0 bridgehead atoms. The molecule has 1 atom stereocenters. The van der Waals surface area contributed by atoms with Crippen LogP contribution >= 0.6 is 0 Å². The van der Waals surface area contributed by atoms with E-state index in [4.69, 9.17) is 14.2 Å². The molecule has 0 radical (unpaired) electrons. The first-order valence-electron chi connectivity index (χ1n) is 8.11. The molecule has 25 heavy (non-hydrogen) atoms. The number of carbonyl (C=O) groups is 1. The van der Waals surface area contributed by atoms with Crippen molar-refractivity contribution in [3.8, 4) is 17.6 Å². The summed E-state index contributed by atoms with van der Waals surface area (Å²) < 4.78 is 16.2. The van der Waals surface area contributed by atoms with Crippen molar-refractivity contribution in [2.45, 2.75) is 18.9 Å². The third-order valence-electron chi connectivity index (χ3n) is 3.73. The van der Waals surface area contributed by atoms with Gasteiger partial charge < -0.3 is 19.5 Å². The van der Waals surface area contributed by atoms with Crippen molar-refractivity contribution < 1.29 is 19.0 Å². The van der Waals surface area contributed by atoms with E-state index in [9.17, 15) is 10.1 Å². The van der Waals surface area contributed by atoms with Gasteiger partial charge in [0.1, 0.15) is 18.2 Å². The van der Waals surface area contributed by atoms with Crippen LogP contribution in [0.25, 0.3) is 6.08 Å². The van der Waals surface area contributed by atoms with E-state index in [-0.39, 0.29) is 11.7 Å². The Morgan fingerprint density at radius 3 is 3.00 bits per heavy atom. The fourth-order valence-electron chi connectivity index (χ4n) is 2.46. The molecule has 1 aromatic rings. The Morgan fingerprint density at radius 2 is 2.36 bits per heavy atom. The van der Waals surface area contributed by atoms with E-state index in [2.05, 4.69) is 11.9 Å². The van der Waals surface area contributed by atoms with E-state index in [0.29, 0.717) is 30.2 Å². The van der Waals surface area contributed by atoms with Gasteiger partial charge in [0.2, 0.25) is 0 Å². The van der Waals surface area contributed by atoms with Gasteiger partial charge in [0, 0.05) is 13.2 Å². The molecule has 1 fully saturated rings. The highest BCUT2D eigenvalue weighted by molar-refractivity contribution is 6.01. The molecule has 1 aromatic carbocycles. The summed E-state index contributed by atoms with van der Waals surface area (Å²) in [5.41, 5.74) is 0.700. The van der Waals surface area contributed by atoms with Gasteiger partial charge in [-0.2, -0.15) is 5.26 Å². The fourth-order valence-corrected chi connectivity index (χ4v) is 2.46. The topological polar surface area (TPSA) is 80.6 Å². The minimum Gasteiger partial charge on any atom is -0.493 e. The molecular weight excluding hydrogens is 320 g/mol.